The smallest absolute Gasteiger partial charge is 0.170 e. The normalized spacial score (nSPS) is 10.8. The second kappa shape index (κ2) is 4.10. The molecule has 16 heavy (non-hydrogen) atoms. The summed E-state index contributed by atoms with van der Waals surface area (Å²) in [5.74, 6) is 0. The number of hydrogen-bond acceptors (Lipinski definition) is 3. The lowest BCUT2D eigenvalue weighted by Crippen LogP contribution is -1.77. The van der Waals surface area contributed by atoms with Crippen molar-refractivity contribution < 1.29 is 0 Å². The van der Waals surface area contributed by atoms with Gasteiger partial charge in [0.05, 0.1) is 4.70 Å². The molecular formula is C12H7IN2S. The predicted molar refractivity (Wildman–Crippen MR) is 75.6 cm³/mol. The lowest BCUT2D eigenvalue weighted by molar-refractivity contribution is 1.33. The van der Waals surface area contributed by atoms with Gasteiger partial charge < -0.3 is 0 Å². The minimum atomic E-state index is 0.834. The average Bonchev–Trinajstić information content (AvgIpc) is 2.73. The van der Waals surface area contributed by atoms with Crippen LogP contribution in [0.5, 0.6) is 0 Å². The largest absolute Gasteiger partial charge is 0.236 e. The van der Waals surface area contributed by atoms with E-state index in [-0.39, 0.29) is 0 Å². The highest BCUT2D eigenvalue weighted by Crippen LogP contribution is 2.29. The Balaban J connectivity index is 2.15. The molecule has 0 aliphatic heterocycles. The van der Waals surface area contributed by atoms with Crippen LogP contribution in [0.25, 0.3) is 20.9 Å². The van der Waals surface area contributed by atoms with Gasteiger partial charge in [-0.1, -0.05) is 12.1 Å². The second-order valence-corrected chi connectivity index (χ2v) is 5.63. The van der Waals surface area contributed by atoms with Crippen LogP contribution in [0.1, 0.15) is 0 Å². The number of nitrogens with zero attached hydrogens (tertiary/aromatic N) is 2. The molecule has 0 amide bonds. The van der Waals surface area contributed by atoms with Gasteiger partial charge in [-0.3, -0.25) is 0 Å². The quantitative estimate of drug-likeness (QED) is 0.628. The Morgan fingerprint density at radius 2 is 1.88 bits per heavy atom. The molecule has 78 valence electrons. The summed E-state index contributed by atoms with van der Waals surface area (Å²) in [6.07, 6.45) is 1.78. The second-order valence-electron chi connectivity index (χ2n) is 3.35. The van der Waals surface area contributed by atoms with Crippen LogP contribution < -0.4 is 0 Å². The maximum atomic E-state index is 4.52. The number of fused-ring (bicyclic) bond motifs is 1. The molecule has 0 radical (unpaired) electrons. The molecule has 2 aromatic heterocycles. The van der Waals surface area contributed by atoms with Crippen molar-refractivity contribution in [2.24, 2.45) is 0 Å². The highest BCUT2D eigenvalue weighted by Gasteiger charge is 2.05. The molecule has 0 aliphatic rings. The average molecular weight is 338 g/mol. The zero-order chi connectivity index (χ0) is 11.0. The molecule has 2 heterocycles. The number of thiazole rings is 1. The van der Waals surface area contributed by atoms with Crippen molar-refractivity contribution in [3.8, 4) is 10.6 Å². The van der Waals surface area contributed by atoms with Crippen LogP contribution in [0, 0.1) is 3.57 Å². The molecule has 0 atom stereocenters. The van der Waals surface area contributed by atoms with Gasteiger partial charge in [0.2, 0.25) is 0 Å². The van der Waals surface area contributed by atoms with E-state index in [1.54, 1.807) is 17.5 Å². The van der Waals surface area contributed by atoms with Crippen LogP contribution in [0.15, 0.2) is 42.6 Å². The van der Waals surface area contributed by atoms with Crippen molar-refractivity contribution in [1.82, 2.24) is 9.97 Å². The molecule has 0 spiro atoms. The molecule has 2 nitrogen and oxygen atoms in total. The Morgan fingerprint density at radius 3 is 2.62 bits per heavy atom. The van der Waals surface area contributed by atoms with Gasteiger partial charge in [-0.05, 0) is 46.9 Å². The van der Waals surface area contributed by atoms with Gasteiger partial charge in [0.15, 0.2) is 5.65 Å². The Kier molecular flexibility index (Phi) is 2.61. The summed E-state index contributed by atoms with van der Waals surface area (Å²) < 4.78 is 2.37. The van der Waals surface area contributed by atoms with Crippen molar-refractivity contribution in [1.29, 1.82) is 0 Å². The lowest BCUT2D eigenvalue weighted by atomic mass is 10.2. The highest BCUT2D eigenvalue weighted by molar-refractivity contribution is 14.1. The molecule has 0 bridgehead atoms. The van der Waals surface area contributed by atoms with Gasteiger partial charge in [0.25, 0.3) is 0 Å². The van der Waals surface area contributed by atoms with Gasteiger partial charge in [0, 0.05) is 15.3 Å². The summed E-state index contributed by atoms with van der Waals surface area (Å²) in [6.45, 7) is 0. The van der Waals surface area contributed by atoms with E-state index in [2.05, 4.69) is 62.9 Å². The highest BCUT2D eigenvalue weighted by atomic mass is 127. The number of pyridine rings is 1. The maximum Gasteiger partial charge on any atom is 0.170 e. The van der Waals surface area contributed by atoms with Crippen LogP contribution in [0.3, 0.4) is 0 Å². The maximum absolute atomic E-state index is 4.52. The van der Waals surface area contributed by atoms with E-state index in [4.69, 9.17) is 0 Å². The monoisotopic (exact) mass is 338 g/mol. The summed E-state index contributed by atoms with van der Waals surface area (Å²) in [4.78, 5) is 8.76. The SMILES string of the molecule is Ic1ccc(-c2nc3ncccc3s2)cc1. The molecule has 0 fully saturated rings. The number of halogens is 1. The minimum absolute atomic E-state index is 0.834. The van der Waals surface area contributed by atoms with Crippen LogP contribution in [0.4, 0.5) is 0 Å². The third kappa shape index (κ3) is 1.82. The fourth-order valence-electron chi connectivity index (χ4n) is 1.48. The first-order valence-electron chi connectivity index (χ1n) is 4.80. The van der Waals surface area contributed by atoms with Crippen molar-refractivity contribution in [3.63, 3.8) is 0 Å². The number of benzene rings is 1. The topological polar surface area (TPSA) is 25.8 Å². The first kappa shape index (κ1) is 10.2. The lowest BCUT2D eigenvalue weighted by Gasteiger charge is -1.94. The fourth-order valence-corrected chi connectivity index (χ4v) is 2.78. The third-order valence-corrected chi connectivity index (χ3v) is 4.03. The van der Waals surface area contributed by atoms with Gasteiger partial charge in [-0.15, -0.1) is 11.3 Å². The third-order valence-electron chi connectivity index (χ3n) is 2.26. The van der Waals surface area contributed by atoms with Crippen molar-refractivity contribution in [2.45, 2.75) is 0 Å². The zero-order valence-corrected chi connectivity index (χ0v) is 11.2. The van der Waals surface area contributed by atoms with E-state index < -0.39 is 0 Å². The molecule has 1 aromatic carbocycles. The number of rotatable bonds is 1. The zero-order valence-electron chi connectivity index (χ0n) is 8.22. The summed E-state index contributed by atoms with van der Waals surface area (Å²) in [6, 6.07) is 12.4. The fraction of sp³-hybridized carbons (Fsp3) is 0. The Labute approximate surface area is 111 Å². The van der Waals surface area contributed by atoms with Crippen LogP contribution in [-0.4, -0.2) is 9.97 Å². The van der Waals surface area contributed by atoms with E-state index in [1.165, 1.54) is 3.57 Å². The Morgan fingerprint density at radius 1 is 1.06 bits per heavy atom. The van der Waals surface area contributed by atoms with E-state index in [1.807, 2.05) is 6.07 Å². The molecule has 0 unspecified atom stereocenters. The van der Waals surface area contributed by atoms with Gasteiger partial charge in [-0.2, -0.15) is 0 Å². The molecule has 0 aliphatic carbocycles. The summed E-state index contributed by atoms with van der Waals surface area (Å²) in [5, 5.41) is 1.03. The molecule has 3 rings (SSSR count). The standard InChI is InChI=1S/C12H7IN2S/c13-9-5-3-8(4-6-9)12-15-11-10(16-12)2-1-7-14-11/h1-7H. The first-order valence-corrected chi connectivity index (χ1v) is 6.70. The van der Waals surface area contributed by atoms with Crippen LogP contribution in [0.2, 0.25) is 0 Å². The number of aromatic nitrogens is 2. The van der Waals surface area contributed by atoms with E-state index in [0.29, 0.717) is 0 Å². The van der Waals surface area contributed by atoms with Crippen molar-refractivity contribution in [3.05, 3.63) is 46.2 Å². The van der Waals surface area contributed by atoms with Crippen LogP contribution >= 0.6 is 33.9 Å². The molecule has 0 N–H and O–H groups in total. The summed E-state index contributed by atoms with van der Waals surface area (Å²) in [7, 11) is 0. The summed E-state index contributed by atoms with van der Waals surface area (Å²) in [5.41, 5.74) is 1.99. The molecular weight excluding hydrogens is 331 g/mol. The van der Waals surface area contributed by atoms with E-state index in [9.17, 15) is 0 Å². The van der Waals surface area contributed by atoms with Gasteiger partial charge >= 0.3 is 0 Å². The predicted octanol–water partition coefficient (Wildman–Crippen LogP) is 3.96. The van der Waals surface area contributed by atoms with E-state index >= 15 is 0 Å². The molecule has 3 aromatic rings. The minimum Gasteiger partial charge on any atom is -0.236 e. The molecule has 0 saturated heterocycles. The van der Waals surface area contributed by atoms with Crippen LogP contribution in [-0.2, 0) is 0 Å². The van der Waals surface area contributed by atoms with Gasteiger partial charge in [-0.25, -0.2) is 9.97 Å². The Hall–Kier alpha value is -1.01. The Bertz CT molecular complexity index is 598. The van der Waals surface area contributed by atoms with Crippen molar-refractivity contribution in [2.75, 3.05) is 0 Å². The molecule has 4 heteroatoms. The molecule has 0 saturated carbocycles. The van der Waals surface area contributed by atoms with Gasteiger partial charge in [0.1, 0.15) is 5.01 Å². The van der Waals surface area contributed by atoms with E-state index in [0.717, 1.165) is 20.9 Å². The van der Waals surface area contributed by atoms with Crippen molar-refractivity contribution >= 4 is 44.3 Å². The summed E-state index contributed by atoms with van der Waals surface area (Å²) >= 11 is 3.98. The number of hydrogen-bond donors (Lipinski definition) is 0. The first-order chi connectivity index (χ1) is 7.83.